The van der Waals surface area contributed by atoms with Gasteiger partial charge in [-0.05, 0) is 68.0 Å². The van der Waals surface area contributed by atoms with E-state index in [-0.39, 0.29) is 0 Å². The quantitative estimate of drug-likeness (QED) is 0.575. The summed E-state index contributed by atoms with van der Waals surface area (Å²) >= 11 is 0. The van der Waals surface area contributed by atoms with Gasteiger partial charge in [-0.2, -0.15) is 0 Å². The van der Waals surface area contributed by atoms with Crippen LogP contribution in [0.25, 0.3) is 0 Å². The van der Waals surface area contributed by atoms with E-state index in [2.05, 4.69) is 39.8 Å². The maximum atomic E-state index is 12.0. The molecule has 5 heteroatoms. The first-order chi connectivity index (χ1) is 14.1. The zero-order chi connectivity index (χ0) is 20.5. The van der Waals surface area contributed by atoms with Crippen LogP contribution in [0.1, 0.15) is 43.2 Å². The van der Waals surface area contributed by atoms with Crippen molar-refractivity contribution < 1.29 is 9.59 Å². The van der Waals surface area contributed by atoms with Gasteiger partial charge in [-0.25, -0.2) is 0 Å². The zero-order valence-corrected chi connectivity index (χ0v) is 17.2. The minimum atomic E-state index is -0.627. The number of carbonyl (C=O) groups excluding carboxylic acids is 2. The van der Waals surface area contributed by atoms with E-state index in [4.69, 9.17) is 0 Å². The molecular formula is C24H31N3O2. The molecule has 5 nitrogen and oxygen atoms in total. The molecule has 0 atom stereocenters. The molecule has 0 aromatic heterocycles. The average molecular weight is 394 g/mol. The summed E-state index contributed by atoms with van der Waals surface area (Å²) in [6, 6.07) is 16.1. The van der Waals surface area contributed by atoms with Crippen LogP contribution in [0, 0.1) is 6.92 Å². The van der Waals surface area contributed by atoms with E-state index >= 15 is 0 Å². The van der Waals surface area contributed by atoms with Crippen LogP contribution in [-0.4, -0.2) is 31.4 Å². The first kappa shape index (κ1) is 20.9. The van der Waals surface area contributed by atoms with Crippen molar-refractivity contribution in [1.82, 2.24) is 5.32 Å². The van der Waals surface area contributed by atoms with Crippen molar-refractivity contribution >= 4 is 23.2 Å². The molecule has 3 rings (SSSR count). The highest BCUT2D eigenvalue weighted by Gasteiger charge is 2.13. The van der Waals surface area contributed by atoms with E-state index in [9.17, 15) is 9.59 Å². The highest BCUT2D eigenvalue weighted by Crippen LogP contribution is 2.20. The van der Waals surface area contributed by atoms with E-state index in [1.54, 1.807) is 6.07 Å². The number of nitrogens with one attached hydrogen (secondary N) is 2. The molecule has 1 aliphatic rings. The third kappa shape index (κ3) is 6.63. The van der Waals surface area contributed by atoms with Crippen LogP contribution in [0.3, 0.4) is 0 Å². The smallest absolute Gasteiger partial charge is 0.313 e. The molecule has 2 amide bonds. The average Bonchev–Trinajstić information content (AvgIpc) is 3.01. The van der Waals surface area contributed by atoms with Crippen LogP contribution in [0.15, 0.2) is 48.5 Å². The van der Waals surface area contributed by atoms with Gasteiger partial charge in [0.05, 0.1) is 0 Å². The highest BCUT2D eigenvalue weighted by atomic mass is 16.2. The van der Waals surface area contributed by atoms with Crippen LogP contribution >= 0.6 is 0 Å². The summed E-state index contributed by atoms with van der Waals surface area (Å²) in [5.74, 6) is -1.22. The van der Waals surface area contributed by atoms with Gasteiger partial charge >= 0.3 is 11.8 Å². The van der Waals surface area contributed by atoms with Gasteiger partial charge in [0.2, 0.25) is 0 Å². The summed E-state index contributed by atoms with van der Waals surface area (Å²) in [6.07, 6.45) is 6.90. The lowest BCUT2D eigenvalue weighted by atomic mass is 10.1. The van der Waals surface area contributed by atoms with Gasteiger partial charge in [0.25, 0.3) is 0 Å². The van der Waals surface area contributed by atoms with Crippen molar-refractivity contribution in [2.45, 2.75) is 45.4 Å². The molecule has 1 aliphatic heterocycles. The van der Waals surface area contributed by atoms with Crippen LogP contribution in [0.2, 0.25) is 0 Å². The predicted octanol–water partition coefficient (Wildman–Crippen LogP) is 4.06. The number of nitrogens with zero attached hydrogens (tertiary/aromatic N) is 1. The van der Waals surface area contributed by atoms with Gasteiger partial charge in [0.1, 0.15) is 0 Å². The Hall–Kier alpha value is -2.82. The number of hydrogen-bond donors (Lipinski definition) is 2. The molecule has 0 saturated carbocycles. The number of amides is 2. The highest BCUT2D eigenvalue weighted by molar-refractivity contribution is 6.39. The van der Waals surface area contributed by atoms with Crippen LogP contribution in [0.4, 0.5) is 11.4 Å². The molecule has 0 radical (unpaired) electrons. The van der Waals surface area contributed by atoms with Gasteiger partial charge in [0.15, 0.2) is 0 Å². The molecule has 29 heavy (non-hydrogen) atoms. The van der Waals surface area contributed by atoms with Crippen LogP contribution < -0.4 is 15.5 Å². The molecule has 1 heterocycles. The van der Waals surface area contributed by atoms with E-state index in [0.29, 0.717) is 12.2 Å². The molecule has 0 spiro atoms. The van der Waals surface area contributed by atoms with Crippen LogP contribution in [-0.2, 0) is 16.0 Å². The first-order valence-electron chi connectivity index (χ1n) is 10.6. The Bertz CT molecular complexity index is 809. The lowest BCUT2D eigenvalue weighted by Gasteiger charge is -2.22. The monoisotopic (exact) mass is 393 g/mol. The largest absolute Gasteiger partial charge is 0.372 e. The Morgan fingerprint density at radius 2 is 1.66 bits per heavy atom. The fourth-order valence-corrected chi connectivity index (χ4v) is 3.69. The fraction of sp³-hybridized carbons (Fsp3) is 0.417. The molecule has 1 fully saturated rings. The fourth-order valence-electron chi connectivity index (χ4n) is 3.69. The zero-order valence-electron chi connectivity index (χ0n) is 17.2. The lowest BCUT2D eigenvalue weighted by Crippen LogP contribution is -2.36. The van der Waals surface area contributed by atoms with E-state index in [0.717, 1.165) is 31.5 Å². The predicted molar refractivity (Wildman–Crippen MR) is 118 cm³/mol. The molecule has 0 bridgehead atoms. The van der Waals surface area contributed by atoms with Crippen molar-refractivity contribution in [3.63, 3.8) is 0 Å². The lowest BCUT2D eigenvalue weighted by molar-refractivity contribution is -0.136. The number of rotatable bonds is 6. The molecule has 2 aromatic carbocycles. The third-order valence-corrected chi connectivity index (χ3v) is 5.32. The second-order valence-electron chi connectivity index (χ2n) is 7.75. The van der Waals surface area contributed by atoms with E-state index in [1.807, 2.05) is 25.1 Å². The van der Waals surface area contributed by atoms with Crippen molar-refractivity contribution in [2.24, 2.45) is 0 Å². The Balaban J connectivity index is 1.38. The van der Waals surface area contributed by atoms with Crippen molar-refractivity contribution in [1.29, 1.82) is 0 Å². The summed E-state index contributed by atoms with van der Waals surface area (Å²) in [5, 5.41) is 5.33. The molecule has 0 aliphatic carbocycles. The SMILES string of the molecule is Cc1cccc(NC(=O)C(=O)NCCCc2ccc(N3CCCCCC3)cc2)c1. The molecule has 0 unspecified atom stereocenters. The van der Waals surface area contributed by atoms with Gasteiger partial charge in [-0.1, -0.05) is 37.1 Å². The van der Waals surface area contributed by atoms with Gasteiger partial charge < -0.3 is 15.5 Å². The maximum absolute atomic E-state index is 12.0. The normalized spacial score (nSPS) is 14.2. The number of carbonyl (C=O) groups is 2. The van der Waals surface area contributed by atoms with E-state index in [1.165, 1.54) is 36.9 Å². The number of anilines is 2. The van der Waals surface area contributed by atoms with Gasteiger partial charge in [-0.15, -0.1) is 0 Å². The Morgan fingerprint density at radius 1 is 0.931 bits per heavy atom. The van der Waals surface area contributed by atoms with Crippen molar-refractivity contribution in [2.75, 3.05) is 29.9 Å². The molecular weight excluding hydrogens is 362 g/mol. The van der Waals surface area contributed by atoms with Crippen LogP contribution in [0.5, 0.6) is 0 Å². The Labute approximate surface area is 173 Å². The third-order valence-electron chi connectivity index (χ3n) is 5.32. The summed E-state index contributed by atoms with van der Waals surface area (Å²) < 4.78 is 0. The number of aryl methyl sites for hydroxylation is 2. The van der Waals surface area contributed by atoms with Crippen molar-refractivity contribution in [3.8, 4) is 0 Å². The summed E-state index contributed by atoms with van der Waals surface area (Å²) in [4.78, 5) is 26.4. The second-order valence-corrected chi connectivity index (χ2v) is 7.75. The first-order valence-corrected chi connectivity index (χ1v) is 10.6. The van der Waals surface area contributed by atoms with Gasteiger partial charge in [-0.3, -0.25) is 9.59 Å². The molecule has 154 valence electrons. The van der Waals surface area contributed by atoms with E-state index < -0.39 is 11.8 Å². The summed E-state index contributed by atoms with van der Waals surface area (Å²) in [5.41, 5.74) is 4.22. The molecule has 2 N–H and O–H groups in total. The minimum Gasteiger partial charge on any atom is -0.372 e. The number of benzene rings is 2. The number of hydrogen-bond acceptors (Lipinski definition) is 3. The Morgan fingerprint density at radius 3 is 2.34 bits per heavy atom. The Kier molecular flexibility index (Phi) is 7.68. The maximum Gasteiger partial charge on any atom is 0.313 e. The second kappa shape index (κ2) is 10.6. The summed E-state index contributed by atoms with van der Waals surface area (Å²) in [7, 11) is 0. The minimum absolute atomic E-state index is 0.480. The standard InChI is InChI=1S/C24H31N3O2/c1-19-8-6-10-21(18-19)26-24(29)23(28)25-15-7-9-20-11-13-22(14-12-20)27-16-4-2-3-5-17-27/h6,8,10-14,18H,2-5,7,9,15-17H2,1H3,(H,25,28)(H,26,29). The van der Waals surface area contributed by atoms with Gasteiger partial charge in [0, 0.05) is 31.0 Å². The topological polar surface area (TPSA) is 61.4 Å². The summed E-state index contributed by atoms with van der Waals surface area (Å²) in [6.45, 7) is 4.72. The van der Waals surface area contributed by atoms with Crippen molar-refractivity contribution in [3.05, 3.63) is 59.7 Å². The molecule has 2 aromatic rings. The molecule has 1 saturated heterocycles.